The summed E-state index contributed by atoms with van der Waals surface area (Å²) >= 11 is 7.92. The zero-order valence-electron chi connectivity index (χ0n) is 10.3. The minimum absolute atomic E-state index is 0.0685. The summed E-state index contributed by atoms with van der Waals surface area (Å²) in [4.78, 5) is 12.5. The number of rotatable bonds is 4. The molecule has 1 aliphatic heterocycles. The number of benzene rings is 1. The largest absolute Gasteiger partial charge is 0.359 e. The van der Waals surface area contributed by atoms with Crippen LogP contribution in [-0.4, -0.2) is 25.3 Å². The van der Waals surface area contributed by atoms with Crippen molar-refractivity contribution < 1.29 is 4.79 Å². The van der Waals surface area contributed by atoms with Gasteiger partial charge in [-0.2, -0.15) is 0 Å². The fourth-order valence-corrected chi connectivity index (χ4v) is 3.35. The van der Waals surface area contributed by atoms with Crippen molar-refractivity contribution in [3.05, 3.63) is 28.8 Å². The molecule has 1 atom stereocenters. The van der Waals surface area contributed by atoms with Crippen LogP contribution in [-0.2, 0) is 4.79 Å². The minimum atomic E-state index is 0.0685. The minimum Gasteiger partial charge on any atom is -0.359 e. The zero-order valence-corrected chi connectivity index (χ0v) is 11.9. The van der Waals surface area contributed by atoms with Gasteiger partial charge in [0.05, 0.1) is 0 Å². The van der Waals surface area contributed by atoms with Crippen LogP contribution in [0.25, 0.3) is 0 Å². The van der Waals surface area contributed by atoms with Crippen LogP contribution < -0.4 is 10.6 Å². The summed E-state index contributed by atoms with van der Waals surface area (Å²) in [6, 6.07) is 6.35. The molecule has 0 aromatic heterocycles. The van der Waals surface area contributed by atoms with Crippen LogP contribution in [0.2, 0.25) is 5.02 Å². The molecule has 0 aliphatic carbocycles. The summed E-state index contributed by atoms with van der Waals surface area (Å²) in [6.45, 7) is 0.695. The van der Waals surface area contributed by atoms with Crippen LogP contribution in [0.5, 0.6) is 0 Å². The molecule has 3 nitrogen and oxygen atoms in total. The molecular formula is C13H17ClN2OS. The average molecular weight is 285 g/mol. The van der Waals surface area contributed by atoms with E-state index in [2.05, 4.69) is 16.7 Å². The average Bonchev–Trinajstić information content (AvgIpc) is 2.39. The molecule has 18 heavy (non-hydrogen) atoms. The van der Waals surface area contributed by atoms with Crippen molar-refractivity contribution in [3.63, 3.8) is 0 Å². The first-order valence-corrected chi connectivity index (χ1v) is 7.43. The Labute approximate surface area is 117 Å². The summed E-state index contributed by atoms with van der Waals surface area (Å²) in [5.41, 5.74) is 1.26. The van der Waals surface area contributed by atoms with E-state index in [1.165, 1.54) is 10.5 Å². The van der Waals surface area contributed by atoms with Gasteiger partial charge in [0.15, 0.2) is 0 Å². The molecule has 1 aliphatic rings. The Morgan fingerprint density at radius 3 is 3.17 bits per heavy atom. The number of fused-ring (bicyclic) bond motifs is 1. The maximum absolute atomic E-state index is 11.2. The van der Waals surface area contributed by atoms with Gasteiger partial charge in [-0.15, -0.1) is 11.8 Å². The van der Waals surface area contributed by atoms with Gasteiger partial charge < -0.3 is 10.6 Å². The maximum atomic E-state index is 11.2. The van der Waals surface area contributed by atoms with Gasteiger partial charge in [0.25, 0.3) is 0 Å². The molecule has 5 heteroatoms. The highest BCUT2D eigenvalue weighted by atomic mass is 35.5. The molecule has 98 valence electrons. The zero-order chi connectivity index (χ0) is 13.0. The molecule has 1 unspecified atom stereocenters. The first-order valence-electron chi connectivity index (χ1n) is 6.07. The van der Waals surface area contributed by atoms with Crippen molar-refractivity contribution in [1.82, 2.24) is 10.6 Å². The Bertz CT molecular complexity index is 439. The van der Waals surface area contributed by atoms with E-state index in [1.54, 1.807) is 7.05 Å². The van der Waals surface area contributed by atoms with Crippen molar-refractivity contribution in [2.45, 2.75) is 23.8 Å². The van der Waals surface area contributed by atoms with E-state index in [4.69, 9.17) is 11.6 Å². The van der Waals surface area contributed by atoms with E-state index >= 15 is 0 Å². The van der Waals surface area contributed by atoms with Gasteiger partial charge in [0.2, 0.25) is 5.91 Å². The van der Waals surface area contributed by atoms with Crippen LogP contribution >= 0.6 is 23.4 Å². The first-order chi connectivity index (χ1) is 8.70. The smallest absolute Gasteiger partial charge is 0.221 e. The second-order valence-electron chi connectivity index (χ2n) is 4.25. The molecule has 0 fully saturated rings. The molecule has 1 aromatic rings. The molecule has 0 radical (unpaired) electrons. The summed E-state index contributed by atoms with van der Waals surface area (Å²) < 4.78 is 0. The van der Waals surface area contributed by atoms with Crippen LogP contribution in [0.1, 0.15) is 24.4 Å². The Hall–Kier alpha value is -0.710. The van der Waals surface area contributed by atoms with E-state index < -0.39 is 0 Å². The van der Waals surface area contributed by atoms with Crippen molar-refractivity contribution in [2.24, 2.45) is 0 Å². The quantitative estimate of drug-likeness (QED) is 0.893. The fraction of sp³-hybridized carbons (Fsp3) is 0.462. The summed E-state index contributed by atoms with van der Waals surface area (Å²) in [7, 11) is 1.66. The highest BCUT2D eigenvalue weighted by Crippen LogP contribution is 2.37. The third kappa shape index (κ3) is 3.40. The lowest BCUT2D eigenvalue weighted by molar-refractivity contribution is -0.120. The number of nitrogens with one attached hydrogen (secondary N) is 2. The number of carbonyl (C=O) groups is 1. The van der Waals surface area contributed by atoms with Crippen LogP contribution in [0.4, 0.5) is 0 Å². The lowest BCUT2D eigenvalue weighted by atomic mass is 10.0. The second-order valence-corrected chi connectivity index (χ2v) is 5.82. The standard InChI is InChI=1S/C13H17ClN2OS/c1-15-13(17)4-6-16-11-5-7-18-12-3-2-9(14)8-10(11)12/h2-3,8,11,16H,4-7H2,1H3,(H,15,17). The van der Waals surface area contributed by atoms with E-state index in [-0.39, 0.29) is 5.91 Å². The lowest BCUT2D eigenvalue weighted by Gasteiger charge is -2.26. The third-order valence-electron chi connectivity index (χ3n) is 3.03. The predicted molar refractivity (Wildman–Crippen MR) is 76.2 cm³/mol. The van der Waals surface area contributed by atoms with Gasteiger partial charge in [-0.25, -0.2) is 0 Å². The third-order valence-corrected chi connectivity index (χ3v) is 4.39. The molecule has 0 saturated carbocycles. The fourth-order valence-electron chi connectivity index (χ4n) is 2.06. The van der Waals surface area contributed by atoms with Crippen molar-refractivity contribution in [1.29, 1.82) is 0 Å². The lowest BCUT2D eigenvalue weighted by Crippen LogP contribution is -2.29. The van der Waals surface area contributed by atoms with E-state index in [0.29, 0.717) is 19.0 Å². The molecule has 0 saturated heterocycles. The number of halogens is 1. The second kappa shape index (κ2) is 6.45. The Balaban J connectivity index is 1.99. The van der Waals surface area contributed by atoms with Gasteiger partial charge in [-0.05, 0) is 35.9 Å². The van der Waals surface area contributed by atoms with Crippen molar-refractivity contribution >= 4 is 29.3 Å². The highest BCUT2D eigenvalue weighted by molar-refractivity contribution is 7.99. The van der Waals surface area contributed by atoms with E-state index in [0.717, 1.165) is 17.2 Å². The predicted octanol–water partition coefficient (Wildman–Crippen LogP) is 2.60. The normalized spacial score (nSPS) is 18.2. The summed E-state index contributed by atoms with van der Waals surface area (Å²) in [6.07, 6.45) is 1.59. The van der Waals surface area contributed by atoms with Crippen LogP contribution in [0.3, 0.4) is 0 Å². The summed E-state index contributed by atoms with van der Waals surface area (Å²) in [5, 5.41) is 6.84. The first kappa shape index (κ1) is 13.7. The van der Waals surface area contributed by atoms with E-state index in [1.807, 2.05) is 23.9 Å². The van der Waals surface area contributed by atoms with Crippen LogP contribution in [0.15, 0.2) is 23.1 Å². The number of hydrogen-bond acceptors (Lipinski definition) is 3. The number of thioether (sulfide) groups is 1. The molecule has 0 spiro atoms. The summed E-state index contributed by atoms with van der Waals surface area (Å²) in [5.74, 6) is 1.17. The number of hydrogen-bond donors (Lipinski definition) is 2. The Kier molecular flexibility index (Phi) is 4.92. The number of carbonyl (C=O) groups excluding carboxylic acids is 1. The topological polar surface area (TPSA) is 41.1 Å². The molecule has 1 aromatic carbocycles. The van der Waals surface area contributed by atoms with Gasteiger partial charge in [-0.1, -0.05) is 11.6 Å². The van der Waals surface area contributed by atoms with Crippen molar-refractivity contribution in [2.75, 3.05) is 19.3 Å². The molecular weight excluding hydrogens is 268 g/mol. The molecule has 1 heterocycles. The van der Waals surface area contributed by atoms with Crippen LogP contribution in [0, 0.1) is 0 Å². The molecule has 2 rings (SSSR count). The van der Waals surface area contributed by atoms with Gasteiger partial charge in [0, 0.05) is 36.0 Å². The maximum Gasteiger partial charge on any atom is 0.221 e. The monoisotopic (exact) mass is 284 g/mol. The van der Waals surface area contributed by atoms with Gasteiger partial charge in [-0.3, -0.25) is 4.79 Å². The Morgan fingerprint density at radius 1 is 1.56 bits per heavy atom. The van der Waals surface area contributed by atoms with Gasteiger partial charge in [0.1, 0.15) is 0 Å². The molecule has 0 bridgehead atoms. The van der Waals surface area contributed by atoms with E-state index in [9.17, 15) is 4.79 Å². The number of amides is 1. The van der Waals surface area contributed by atoms with Gasteiger partial charge >= 0.3 is 0 Å². The van der Waals surface area contributed by atoms with Crippen molar-refractivity contribution in [3.8, 4) is 0 Å². The molecule has 1 amide bonds. The molecule has 2 N–H and O–H groups in total. The Morgan fingerprint density at radius 2 is 2.39 bits per heavy atom. The highest BCUT2D eigenvalue weighted by Gasteiger charge is 2.20. The SMILES string of the molecule is CNC(=O)CCNC1CCSc2ccc(Cl)cc21.